The largest absolute Gasteiger partial charge is 0.486 e. The fourth-order valence-corrected chi connectivity index (χ4v) is 1.15. The molecule has 0 atom stereocenters. The summed E-state index contributed by atoms with van der Waals surface area (Å²) in [6, 6.07) is 3.86. The highest BCUT2D eigenvalue weighted by molar-refractivity contribution is 6.32. The Morgan fingerprint density at radius 1 is 1.69 bits per heavy atom. The number of oxime groups is 1. The quantitative estimate of drug-likeness (QED) is 0.274. The predicted molar refractivity (Wildman–Crippen MR) is 57.0 cm³/mol. The molecule has 0 aliphatic heterocycles. The Morgan fingerprint density at radius 3 is 2.88 bits per heavy atom. The van der Waals surface area contributed by atoms with E-state index in [0.717, 1.165) is 0 Å². The minimum Gasteiger partial charge on any atom is -0.486 e. The van der Waals surface area contributed by atoms with Gasteiger partial charge in [0.1, 0.15) is 17.4 Å². The molecule has 86 valence electrons. The van der Waals surface area contributed by atoms with Crippen LogP contribution in [0.3, 0.4) is 0 Å². The van der Waals surface area contributed by atoms with Crippen molar-refractivity contribution in [3.05, 3.63) is 33.3 Å². The monoisotopic (exact) mass is 245 g/mol. The number of benzene rings is 1. The highest BCUT2D eigenvalue weighted by Crippen LogP contribution is 2.28. The van der Waals surface area contributed by atoms with Crippen LogP contribution in [0, 0.1) is 10.1 Å². The minimum atomic E-state index is -0.602. The number of halogens is 1. The molecule has 0 heterocycles. The van der Waals surface area contributed by atoms with Gasteiger partial charge in [0.25, 0.3) is 5.69 Å². The normalized spacial score (nSPS) is 11.2. The Labute approximate surface area is 95.2 Å². The Morgan fingerprint density at radius 2 is 2.38 bits per heavy atom. The van der Waals surface area contributed by atoms with Crippen LogP contribution < -0.4 is 10.5 Å². The molecule has 0 aliphatic carbocycles. The van der Waals surface area contributed by atoms with Gasteiger partial charge in [0, 0.05) is 12.1 Å². The topological polar surface area (TPSA) is 111 Å². The van der Waals surface area contributed by atoms with Gasteiger partial charge in [0.15, 0.2) is 5.84 Å². The third kappa shape index (κ3) is 2.99. The molecular weight excluding hydrogens is 238 g/mol. The lowest BCUT2D eigenvalue weighted by molar-refractivity contribution is -0.384. The van der Waals surface area contributed by atoms with E-state index in [9.17, 15) is 10.1 Å². The van der Waals surface area contributed by atoms with E-state index in [1.807, 2.05) is 0 Å². The highest BCUT2D eigenvalue weighted by Gasteiger charge is 2.12. The zero-order valence-corrected chi connectivity index (χ0v) is 8.72. The van der Waals surface area contributed by atoms with Crippen molar-refractivity contribution in [1.82, 2.24) is 0 Å². The first-order valence-electron chi connectivity index (χ1n) is 4.07. The van der Waals surface area contributed by atoms with Crippen LogP contribution in [0.15, 0.2) is 23.4 Å². The summed E-state index contributed by atoms with van der Waals surface area (Å²) in [5.41, 5.74) is 4.96. The number of hydrogen-bond acceptors (Lipinski definition) is 5. The van der Waals surface area contributed by atoms with Crippen molar-refractivity contribution >= 4 is 23.1 Å². The van der Waals surface area contributed by atoms with Crippen molar-refractivity contribution in [2.24, 2.45) is 10.9 Å². The summed E-state index contributed by atoms with van der Waals surface area (Å²) in [7, 11) is 0. The molecule has 7 nitrogen and oxygen atoms in total. The second-order valence-electron chi connectivity index (χ2n) is 2.75. The van der Waals surface area contributed by atoms with Gasteiger partial charge in [0.05, 0.1) is 4.92 Å². The minimum absolute atomic E-state index is 0.0398. The number of ether oxygens (including phenoxy) is 1. The number of rotatable bonds is 4. The molecule has 0 aliphatic rings. The standard InChI is InChI=1S/C8H8ClN3O4/c9-6-3-5(16-4-8(10)11-13)1-2-7(6)12(14)15/h1-3,13H,4H2,(H2,10,11). The molecule has 8 heteroatoms. The first-order valence-corrected chi connectivity index (χ1v) is 4.45. The molecule has 0 unspecified atom stereocenters. The lowest BCUT2D eigenvalue weighted by atomic mass is 10.3. The van der Waals surface area contributed by atoms with Gasteiger partial charge in [-0.3, -0.25) is 10.1 Å². The van der Waals surface area contributed by atoms with Gasteiger partial charge in [-0.15, -0.1) is 0 Å². The number of nitrogens with zero attached hydrogens (tertiary/aromatic N) is 2. The number of nitrogens with two attached hydrogens (primary N) is 1. The van der Waals surface area contributed by atoms with Crippen molar-refractivity contribution in [3.8, 4) is 5.75 Å². The molecule has 0 radical (unpaired) electrons. The van der Waals surface area contributed by atoms with Crippen molar-refractivity contribution < 1.29 is 14.9 Å². The van der Waals surface area contributed by atoms with E-state index in [2.05, 4.69) is 5.16 Å². The molecule has 0 fully saturated rings. The zero-order chi connectivity index (χ0) is 12.1. The van der Waals surface area contributed by atoms with Gasteiger partial charge in [0.2, 0.25) is 0 Å². The van der Waals surface area contributed by atoms with Crippen molar-refractivity contribution in [3.63, 3.8) is 0 Å². The Bertz CT molecular complexity index is 435. The molecule has 0 saturated carbocycles. The molecule has 0 amide bonds. The molecule has 0 spiro atoms. The fourth-order valence-electron chi connectivity index (χ4n) is 0.912. The van der Waals surface area contributed by atoms with Crippen LogP contribution in [-0.4, -0.2) is 22.6 Å². The summed E-state index contributed by atoms with van der Waals surface area (Å²) in [5.74, 6) is 0.177. The average molecular weight is 246 g/mol. The summed E-state index contributed by atoms with van der Waals surface area (Å²) in [4.78, 5) is 9.85. The number of nitro benzene ring substituents is 1. The van der Waals surface area contributed by atoms with E-state index in [-0.39, 0.29) is 23.2 Å². The highest BCUT2D eigenvalue weighted by atomic mass is 35.5. The number of nitro groups is 1. The summed E-state index contributed by atoms with van der Waals surface area (Å²) < 4.78 is 5.05. The summed E-state index contributed by atoms with van der Waals surface area (Å²) >= 11 is 5.64. The van der Waals surface area contributed by atoms with E-state index in [1.165, 1.54) is 18.2 Å². The van der Waals surface area contributed by atoms with Gasteiger partial charge in [-0.25, -0.2) is 0 Å². The smallest absolute Gasteiger partial charge is 0.288 e. The molecule has 0 bridgehead atoms. The molecule has 1 aromatic carbocycles. The van der Waals surface area contributed by atoms with Crippen molar-refractivity contribution in [1.29, 1.82) is 0 Å². The van der Waals surface area contributed by atoms with Gasteiger partial charge < -0.3 is 15.7 Å². The molecule has 1 rings (SSSR count). The number of amidine groups is 1. The maximum Gasteiger partial charge on any atom is 0.288 e. The third-order valence-electron chi connectivity index (χ3n) is 1.63. The van der Waals surface area contributed by atoms with Crippen LogP contribution in [0.5, 0.6) is 5.75 Å². The van der Waals surface area contributed by atoms with E-state index in [1.54, 1.807) is 0 Å². The van der Waals surface area contributed by atoms with Gasteiger partial charge in [-0.2, -0.15) is 0 Å². The van der Waals surface area contributed by atoms with Gasteiger partial charge in [-0.1, -0.05) is 16.8 Å². The Balaban J connectivity index is 2.78. The second kappa shape index (κ2) is 5.17. The Hall–Kier alpha value is -2.02. The van der Waals surface area contributed by atoms with E-state index in [0.29, 0.717) is 5.75 Å². The van der Waals surface area contributed by atoms with Crippen molar-refractivity contribution in [2.45, 2.75) is 0 Å². The maximum atomic E-state index is 10.5. The van der Waals surface area contributed by atoms with E-state index < -0.39 is 4.92 Å². The fraction of sp³-hybridized carbons (Fsp3) is 0.125. The molecule has 3 N–H and O–H groups in total. The van der Waals surface area contributed by atoms with E-state index in [4.69, 9.17) is 27.3 Å². The van der Waals surface area contributed by atoms with Crippen LogP contribution in [0.1, 0.15) is 0 Å². The molecule has 0 saturated heterocycles. The SMILES string of the molecule is NC(COc1ccc([N+](=O)[O-])c(Cl)c1)=NO. The second-order valence-corrected chi connectivity index (χ2v) is 3.16. The van der Waals surface area contributed by atoms with Gasteiger partial charge in [-0.05, 0) is 6.07 Å². The predicted octanol–water partition coefficient (Wildman–Crippen LogP) is 1.37. The third-order valence-corrected chi connectivity index (χ3v) is 1.93. The average Bonchev–Trinajstić information content (AvgIpc) is 2.25. The van der Waals surface area contributed by atoms with Crippen LogP contribution in [0.25, 0.3) is 0 Å². The van der Waals surface area contributed by atoms with Crippen molar-refractivity contribution in [2.75, 3.05) is 6.61 Å². The summed E-state index contributed by atoms with van der Waals surface area (Å²) in [6.07, 6.45) is 0. The molecule has 1 aromatic rings. The Kier molecular flexibility index (Phi) is 3.90. The number of hydrogen-bond donors (Lipinski definition) is 2. The van der Waals surface area contributed by atoms with Gasteiger partial charge >= 0.3 is 0 Å². The van der Waals surface area contributed by atoms with Crippen LogP contribution in [0.4, 0.5) is 5.69 Å². The first-order chi connectivity index (χ1) is 7.54. The lowest BCUT2D eigenvalue weighted by Gasteiger charge is -2.04. The molecule has 16 heavy (non-hydrogen) atoms. The zero-order valence-electron chi connectivity index (χ0n) is 7.96. The van der Waals surface area contributed by atoms with E-state index >= 15 is 0 Å². The summed E-state index contributed by atoms with van der Waals surface area (Å²) in [6.45, 7) is -0.134. The van der Waals surface area contributed by atoms with Crippen LogP contribution in [0.2, 0.25) is 5.02 Å². The summed E-state index contributed by atoms with van der Waals surface area (Å²) in [5, 5.41) is 21.4. The van der Waals surface area contributed by atoms with Crippen LogP contribution in [-0.2, 0) is 0 Å². The lowest BCUT2D eigenvalue weighted by Crippen LogP contribution is -2.20. The molecule has 0 aromatic heterocycles. The van der Waals surface area contributed by atoms with Crippen LogP contribution >= 0.6 is 11.6 Å². The first kappa shape index (κ1) is 12.1. The maximum absolute atomic E-state index is 10.5. The molecular formula is C8H8ClN3O4.